The number of halogens is 2. The summed E-state index contributed by atoms with van der Waals surface area (Å²) in [4.78, 5) is 14.9. The van der Waals surface area contributed by atoms with Crippen LogP contribution in [0.3, 0.4) is 0 Å². The highest BCUT2D eigenvalue weighted by Gasteiger charge is 2.13. The molecule has 646 valence electrons. The van der Waals surface area contributed by atoms with Crippen molar-refractivity contribution in [1.29, 1.82) is 0 Å². The maximum Gasteiger partial charge on any atom is 0.356 e. The van der Waals surface area contributed by atoms with Crippen molar-refractivity contribution >= 4 is 126 Å². The zero-order chi connectivity index (χ0) is 90.0. The van der Waals surface area contributed by atoms with Crippen LogP contribution in [-0.4, -0.2) is 112 Å². The normalized spacial score (nSPS) is 11.6. The molecule has 13 rings (SSSR count). The zero-order valence-corrected chi connectivity index (χ0v) is 72.8. The summed E-state index contributed by atoms with van der Waals surface area (Å²) in [6, 6.07) is 66.2. The van der Waals surface area contributed by atoms with Gasteiger partial charge in [-0.25, -0.2) is 19.2 Å². The maximum absolute atomic E-state index is 11.6. The number of pyridine rings is 6. The Labute approximate surface area is 736 Å². The van der Waals surface area contributed by atoms with Gasteiger partial charge in [0.1, 0.15) is 29.5 Å². The average Bonchev–Trinajstić information content (AvgIpc) is 0.864. The Balaban J connectivity index is 0.000000186. The molecular weight excluding hydrogens is 1630 g/mol. The lowest BCUT2D eigenvalue weighted by atomic mass is 10.1. The first-order valence-electron chi connectivity index (χ1n) is 39.6. The van der Waals surface area contributed by atoms with E-state index in [4.69, 9.17) is 33.4 Å². The van der Waals surface area contributed by atoms with E-state index in [0.717, 1.165) is 109 Å². The topological polar surface area (TPSA) is 377 Å². The van der Waals surface area contributed by atoms with Crippen LogP contribution in [0.2, 0.25) is 10.0 Å². The van der Waals surface area contributed by atoms with Crippen LogP contribution < -0.4 is 53.6 Å². The maximum atomic E-state index is 11.6. The lowest BCUT2D eigenvalue weighted by Gasteiger charge is -2.22. The molecule has 32 nitrogen and oxygen atoms in total. The second-order valence-corrected chi connectivity index (χ2v) is 28.2. The van der Waals surface area contributed by atoms with Crippen molar-refractivity contribution in [2.45, 2.75) is 48.5 Å². The molecule has 0 saturated carbocycles. The predicted octanol–water partition coefficient (Wildman–Crippen LogP) is 19.4. The summed E-state index contributed by atoms with van der Waals surface area (Å²) in [5, 5.41) is 134. The molecule has 6 aromatic heterocycles. The molecule has 1 aliphatic rings. The number of benzene rings is 6. The van der Waals surface area contributed by atoms with Gasteiger partial charge in [0.2, 0.25) is 12.4 Å². The average molecular weight is 1730 g/mol. The number of hydrogen-bond donors (Lipinski definition) is 3. The quantitative estimate of drug-likeness (QED) is 0.0120. The standard InChI is InChI=1S/C18H16N4O.C16H20N4O.C15H17ClN4O.C15H18N4O3.C14H15ClN4O.C13H14N4O/c1-14-6-5-13-22(23)18(14)21-20-17-11-9-16(10-12-17)19-15-7-3-2-4-8-15;1-4-19(5-2)15-10-8-14(9-11-15)17-18-16-13(3)7-6-12-20(16)21;1-3-19(4-2)14-8-6-13(7-9-14)17-18-15-10-5-12(16)11-20(15)21;20-10-8-18(9-11-21)15-5-3-13(4-6-15)16-17-14-2-1-7-19(22)12-14;1-10-8-12(18(2)3)5-6-13(10)16-17-14-7-4-11(15)9-19(14)20;1-16(2)13-7-5-11(6-8-13)14-15-12-4-3-9-17(18)10-12/h2-13,23H,1H3;6-12H,4-5H2,1-3H3;5-11H,3-4H2,1-2H3;1-7,12,20-21H,8-11H2;4-9H,1-3H3;3-10H,1-2H3. The molecule has 0 unspecified atom stereocenters. The number of aromatic nitrogens is 6. The van der Waals surface area contributed by atoms with Gasteiger partial charge < -0.3 is 66.0 Å². The van der Waals surface area contributed by atoms with E-state index < -0.39 is 0 Å². The van der Waals surface area contributed by atoms with Gasteiger partial charge >= 0.3 is 17.5 Å². The largest absolute Gasteiger partial charge is 0.710 e. The molecule has 6 aromatic carbocycles. The first kappa shape index (κ1) is 95.6. The van der Waals surface area contributed by atoms with Crippen molar-refractivity contribution < 1.29 is 39.1 Å². The highest BCUT2D eigenvalue weighted by atomic mass is 35.5. The Kier molecular flexibility index (Phi) is 38.5. The number of para-hydroxylation sites is 1. The first-order chi connectivity index (χ1) is 60.3. The van der Waals surface area contributed by atoms with E-state index in [0.29, 0.717) is 81.8 Å². The van der Waals surface area contributed by atoms with Crippen molar-refractivity contribution in [3.05, 3.63) is 351 Å². The summed E-state index contributed by atoms with van der Waals surface area (Å²) < 4.78 is 4.23. The van der Waals surface area contributed by atoms with Crippen LogP contribution in [0.4, 0.5) is 91.4 Å². The summed E-state index contributed by atoms with van der Waals surface area (Å²) in [6.07, 6.45) is 18.4. The molecule has 0 spiro atoms. The third-order valence-electron chi connectivity index (χ3n) is 18.0. The molecular formula is C91H100Cl2N24O8. The zero-order valence-electron chi connectivity index (χ0n) is 71.2. The number of rotatable bonds is 25. The third kappa shape index (κ3) is 31.9. The van der Waals surface area contributed by atoms with Gasteiger partial charge in [-0.15, -0.1) is 20.4 Å². The predicted molar refractivity (Wildman–Crippen MR) is 493 cm³/mol. The molecule has 0 aliphatic heterocycles. The molecule has 3 N–H and O–H groups in total. The van der Waals surface area contributed by atoms with E-state index in [-0.39, 0.29) is 24.8 Å². The van der Waals surface area contributed by atoms with Crippen molar-refractivity contribution in [2.75, 3.05) is 105 Å². The first-order valence-corrected chi connectivity index (χ1v) is 40.4. The number of hydrogen-bond acceptors (Lipinski definition) is 26. The number of azo groups is 5. The van der Waals surface area contributed by atoms with Gasteiger partial charge in [-0.05, 0) is 269 Å². The van der Waals surface area contributed by atoms with Crippen LogP contribution in [0.25, 0.3) is 0 Å². The van der Waals surface area contributed by atoms with E-state index in [2.05, 4.69) is 104 Å². The van der Waals surface area contributed by atoms with E-state index >= 15 is 0 Å². The number of aliphatic imine (C=N–C) groups is 1. The molecule has 34 heteroatoms. The monoisotopic (exact) mass is 1730 g/mol. The van der Waals surface area contributed by atoms with Gasteiger partial charge in [-0.3, -0.25) is 0 Å². The fraction of sp³-hybridized carbons (Fsp3) is 0.209. The van der Waals surface area contributed by atoms with Gasteiger partial charge in [-0.2, -0.15) is 24.4 Å². The second kappa shape index (κ2) is 50.4. The van der Waals surface area contributed by atoms with Crippen LogP contribution in [0.1, 0.15) is 44.4 Å². The summed E-state index contributed by atoms with van der Waals surface area (Å²) in [5.74, 6) is 0.725. The smallest absolute Gasteiger partial charge is 0.356 e. The number of anilines is 5. The van der Waals surface area contributed by atoms with Gasteiger partial charge in [-0.1, -0.05) is 47.5 Å². The molecule has 0 fully saturated rings. The lowest BCUT2D eigenvalue weighted by molar-refractivity contribution is -0.604. The fourth-order valence-corrected chi connectivity index (χ4v) is 11.5. The molecule has 0 amide bonds. The van der Waals surface area contributed by atoms with E-state index in [1.165, 1.54) is 61.7 Å². The molecule has 0 saturated heterocycles. The van der Waals surface area contributed by atoms with Crippen molar-refractivity contribution in [3.8, 4) is 0 Å². The summed E-state index contributed by atoms with van der Waals surface area (Å²) in [7, 11) is 7.91. The molecule has 1 aliphatic carbocycles. The number of aliphatic hydroxyl groups excluding tert-OH is 2. The number of allylic oxidation sites excluding steroid dienone is 4. The molecule has 6 heterocycles. The summed E-state index contributed by atoms with van der Waals surface area (Å²) in [5.41, 5.74) is 15.4. The Bertz CT molecular complexity index is 5700. The minimum Gasteiger partial charge on any atom is -0.710 e. The summed E-state index contributed by atoms with van der Waals surface area (Å²) in [6.45, 7) is 18.9. The molecule has 0 bridgehead atoms. The van der Waals surface area contributed by atoms with Crippen LogP contribution >= 0.6 is 23.2 Å². The molecule has 125 heavy (non-hydrogen) atoms. The van der Waals surface area contributed by atoms with Crippen LogP contribution in [0, 0.1) is 46.8 Å². The molecule has 0 atom stereocenters. The summed E-state index contributed by atoms with van der Waals surface area (Å²) >= 11 is 11.4. The highest BCUT2D eigenvalue weighted by molar-refractivity contribution is 6.30. The van der Waals surface area contributed by atoms with Crippen molar-refractivity contribution in [1.82, 2.24) is 4.73 Å². The molecule has 12 aromatic rings. The fourth-order valence-electron chi connectivity index (χ4n) is 11.2. The van der Waals surface area contributed by atoms with Crippen LogP contribution in [0.5, 0.6) is 0 Å². The Morgan fingerprint density at radius 3 is 1.20 bits per heavy atom. The van der Waals surface area contributed by atoms with Crippen molar-refractivity contribution in [2.24, 2.45) is 66.3 Å². The van der Waals surface area contributed by atoms with E-state index in [9.17, 15) is 31.2 Å². The van der Waals surface area contributed by atoms with Gasteiger partial charge in [0.05, 0.1) is 73.3 Å². The number of nitrogens with zero attached hydrogens (tertiary/aromatic N) is 24. The van der Waals surface area contributed by atoms with Gasteiger partial charge in [0, 0.05) is 132 Å². The highest BCUT2D eigenvalue weighted by Crippen LogP contribution is 2.29. The van der Waals surface area contributed by atoms with Gasteiger partial charge in [0.15, 0.2) is 29.3 Å². The van der Waals surface area contributed by atoms with Gasteiger partial charge in [0.25, 0.3) is 0 Å². The second-order valence-electron chi connectivity index (χ2n) is 27.4. The van der Waals surface area contributed by atoms with E-state index in [1.54, 1.807) is 60.7 Å². The SMILES string of the molecule is CCN(CC)c1ccc(N=Nc2c(C)ccc[n+]2[O-])cc1.CCN(CC)c1ccc(N=Nc2ccc(Cl)c[n+]2[O-])cc1.CN(C)c1ccc(N=Nc2ccc[n+]([O-])c2)cc1.Cc1cc(N(C)C)ccc1N=Nc1ccc(Cl)c[n+]1[O-].Cc1cccn(O)c1=NN=C1C=CC(=Nc2ccccc2)C=C1.[O-][n+]1cccc(N=Nc2ccc(N(CCO)CCO)cc2)c1. The molecule has 0 radical (unpaired) electrons. The number of aliphatic hydroxyl groups is 2. The third-order valence-corrected chi connectivity index (χ3v) is 18.4. The number of aryl methyl sites for hydroxylation is 3. The minimum atomic E-state index is 0.0185. The minimum absolute atomic E-state index is 0.0185. The Morgan fingerprint density at radius 1 is 0.360 bits per heavy atom. The van der Waals surface area contributed by atoms with Crippen LogP contribution in [-0.2, 0) is 0 Å². The van der Waals surface area contributed by atoms with Crippen molar-refractivity contribution in [3.63, 3.8) is 0 Å². The Hall–Kier alpha value is -14.9. The van der Waals surface area contributed by atoms with E-state index in [1.807, 2.05) is 234 Å². The lowest BCUT2D eigenvalue weighted by Crippen LogP contribution is -2.29. The van der Waals surface area contributed by atoms with Crippen LogP contribution in [0.15, 0.2) is 359 Å². The Morgan fingerprint density at radius 2 is 0.768 bits per heavy atom.